The Hall–Kier alpha value is -3.24. The summed E-state index contributed by atoms with van der Waals surface area (Å²) in [5.41, 5.74) is 1.78. The van der Waals surface area contributed by atoms with Crippen molar-refractivity contribution in [2.24, 2.45) is 0 Å². The molecule has 2 aliphatic heterocycles. The fraction of sp³-hybridized carbons (Fsp3) is 0.455. The molecule has 3 rings (SSSR count). The summed E-state index contributed by atoms with van der Waals surface area (Å²) in [5.74, 6) is -2.06. The summed E-state index contributed by atoms with van der Waals surface area (Å²) in [6.45, 7) is 6.17. The van der Waals surface area contributed by atoms with Crippen LogP contribution in [0, 0.1) is 10.1 Å². The molecule has 0 aliphatic carbocycles. The number of dihydropyridines is 1. The van der Waals surface area contributed by atoms with Crippen LogP contribution >= 0.6 is 0 Å². The SMILES string of the molecule is COC(=O)C1=C(C)NC(C)=C(C(=O)OCCC2CNCCN2)C1c1cccc([N+](=O)[O-])c1. The van der Waals surface area contributed by atoms with Gasteiger partial charge in [0.25, 0.3) is 5.69 Å². The molecule has 2 heterocycles. The highest BCUT2D eigenvalue weighted by molar-refractivity contribution is 5.99. The average Bonchev–Trinajstić information content (AvgIpc) is 2.78. The molecule has 0 radical (unpaired) electrons. The molecule has 0 amide bonds. The maximum absolute atomic E-state index is 13.2. The van der Waals surface area contributed by atoms with Crippen molar-refractivity contribution in [2.45, 2.75) is 32.2 Å². The van der Waals surface area contributed by atoms with E-state index in [0.29, 0.717) is 23.4 Å². The van der Waals surface area contributed by atoms with E-state index in [4.69, 9.17) is 9.47 Å². The van der Waals surface area contributed by atoms with Crippen LogP contribution in [0.4, 0.5) is 5.69 Å². The van der Waals surface area contributed by atoms with E-state index in [1.807, 2.05) is 0 Å². The number of carbonyl (C=O) groups is 2. The van der Waals surface area contributed by atoms with Crippen LogP contribution in [0.5, 0.6) is 0 Å². The van der Waals surface area contributed by atoms with Gasteiger partial charge in [0.05, 0.1) is 35.7 Å². The first-order valence-corrected chi connectivity index (χ1v) is 10.5. The Morgan fingerprint density at radius 2 is 1.88 bits per heavy atom. The molecule has 2 aliphatic rings. The van der Waals surface area contributed by atoms with E-state index in [2.05, 4.69) is 16.0 Å². The second kappa shape index (κ2) is 10.4. The predicted molar refractivity (Wildman–Crippen MR) is 117 cm³/mol. The van der Waals surface area contributed by atoms with E-state index in [1.54, 1.807) is 19.9 Å². The number of nitrogens with zero attached hydrogens (tertiary/aromatic N) is 1. The third kappa shape index (κ3) is 5.14. The number of ether oxygens (including phenoxy) is 2. The quantitative estimate of drug-likeness (QED) is 0.325. The van der Waals surface area contributed by atoms with Crippen molar-refractivity contribution in [3.8, 4) is 0 Å². The van der Waals surface area contributed by atoms with Crippen LogP contribution in [-0.2, 0) is 19.1 Å². The summed E-state index contributed by atoms with van der Waals surface area (Å²) in [6.07, 6.45) is 0.638. The van der Waals surface area contributed by atoms with Gasteiger partial charge < -0.3 is 25.4 Å². The number of hydrogen-bond acceptors (Lipinski definition) is 9. The Labute approximate surface area is 186 Å². The number of hydrogen-bond donors (Lipinski definition) is 3. The average molecular weight is 444 g/mol. The van der Waals surface area contributed by atoms with Gasteiger partial charge in [-0.2, -0.15) is 0 Å². The second-order valence-electron chi connectivity index (χ2n) is 7.76. The Kier molecular flexibility index (Phi) is 7.60. The summed E-state index contributed by atoms with van der Waals surface area (Å²) in [6, 6.07) is 6.11. The normalized spacial score (nSPS) is 21.1. The third-order valence-corrected chi connectivity index (χ3v) is 5.62. The van der Waals surface area contributed by atoms with E-state index in [-0.39, 0.29) is 29.5 Å². The minimum absolute atomic E-state index is 0.135. The Bertz CT molecular complexity index is 965. The maximum atomic E-state index is 13.2. The number of rotatable bonds is 7. The molecule has 1 aromatic carbocycles. The lowest BCUT2D eigenvalue weighted by molar-refractivity contribution is -0.384. The van der Waals surface area contributed by atoms with Crippen LogP contribution in [0.3, 0.4) is 0 Å². The second-order valence-corrected chi connectivity index (χ2v) is 7.76. The first-order valence-electron chi connectivity index (χ1n) is 10.5. The first-order chi connectivity index (χ1) is 15.3. The zero-order valence-corrected chi connectivity index (χ0v) is 18.4. The molecule has 0 saturated carbocycles. The monoisotopic (exact) mass is 444 g/mol. The summed E-state index contributed by atoms with van der Waals surface area (Å²) in [4.78, 5) is 36.6. The first kappa shape index (κ1) is 23.4. The summed E-state index contributed by atoms with van der Waals surface area (Å²) < 4.78 is 10.5. The molecule has 10 heteroatoms. The van der Waals surface area contributed by atoms with Crippen molar-refractivity contribution in [2.75, 3.05) is 33.4 Å². The number of non-ortho nitro benzene ring substituents is 1. The lowest BCUT2D eigenvalue weighted by Gasteiger charge is -2.30. The molecule has 10 nitrogen and oxygen atoms in total. The molecular formula is C22H28N4O6. The number of nitro groups is 1. The number of nitro benzene ring substituents is 1. The summed E-state index contributed by atoms with van der Waals surface area (Å²) in [7, 11) is 1.25. The molecule has 0 spiro atoms. The molecule has 0 aromatic heterocycles. The van der Waals surface area contributed by atoms with Crippen LogP contribution in [-0.4, -0.2) is 56.3 Å². The topological polar surface area (TPSA) is 132 Å². The molecule has 1 saturated heterocycles. The number of piperazine rings is 1. The number of methoxy groups -OCH3 is 1. The molecule has 2 unspecified atom stereocenters. The number of carbonyl (C=O) groups excluding carboxylic acids is 2. The van der Waals surface area contributed by atoms with Gasteiger partial charge in [-0.05, 0) is 25.8 Å². The van der Waals surface area contributed by atoms with E-state index >= 15 is 0 Å². The van der Waals surface area contributed by atoms with Gasteiger partial charge in [0.1, 0.15) is 0 Å². The van der Waals surface area contributed by atoms with Crippen molar-refractivity contribution in [3.63, 3.8) is 0 Å². The number of benzene rings is 1. The fourth-order valence-corrected chi connectivity index (χ4v) is 4.09. The van der Waals surface area contributed by atoms with Gasteiger partial charge in [0.2, 0.25) is 0 Å². The van der Waals surface area contributed by atoms with E-state index < -0.39 is 22.8 Å². The molecular weight excluding hydrogens is 416 g/mol. The zero-order valence-electron chi connectivity index (χ0n) is 18.4. The van der Waals surface area contributed by atoms with Gasteiger partial charge >= 0.3 is 11.9 Å². The predicted octanol–water partition coefficient (Wildman–Crippen LogP) is 1.50. The van der Waals surface area contributed by atoms with E-state index in [1.165, 1.54) is 25.3 Å². The highest BCUT2D eigenvalue weighted by Crippen LogP contribution is 2.40. The van der Waals surface area contributed by atoms with Crippen LogP contribution in [0.15, 0.2) is 46.8 Å². The Balaban J connectivity index is 1.91. The molecule has 172 valence electrons. The highest BCUT2D eigenvalue weighted by Gasteiger charge is 2.38. The third-order valence-electron chi connectivity index (χ3n) is 5.62. The molecule has 3 N–H and O–H groups in total. The van der Waals surface area contributed by atoms with Crippen molar-refractivity contribution in [1.82, 2.24) is 16.0 Å². The fourth-order valence-electron chi connectivity index (χ4n) is 4.09. The molecule has 1 fully saturated rings. The Morgan fingerprint density at radius 3 is 2.50 bits per heavy atom. The van der Waals surface area contributed by atoms with Gasteiger partial charge in [-0.3, -0.25) is 10.1 Å². The minimum Gasteiger partial charge on any atom is -0.466 e. The molecule has 32 heavy (non-hydrogen) atoms. The van der Waals surface area contributed by atoms with Crippen molar-refractivity contribution < 1.29 is 24.0 Å². The number of esters is 2. The lowest BCUT2D eigenvalue weighted by atomic mass is 9.80. The van der Waals surface area contributed by atoms with Gasteiger partial charge in [-0.15, -0.1) is 0 Å². The van der Waals surface area contributed by atoms with Crippen molar-refractivity contribution >= 4 is 17.6 Å². The van der Waals surface area contributed by atoms with Gasteiger partial charge in [-0.1, -0.05) is 12.1 Å². The maximum Gasteiger partial charge on any atom is 0.336 e. The zero-order chi connectivity index (χ0) is 23.3. The van der Waals surface area contributed by atoms with Gasteiger partial charge in [0, 0.05) is 49.2 Å². The van der Waals surface area contributed by atoms with Crippen LogP contribution < -0.4 is 16.0 Å². The highest BCUT2D eigenvalue weighted by atomic mass is 16.6. The van der Waals surface area contributed by atoms with E-state index in [0.717, 1.165) is 19.6 Å². The van der Waals surface area contributed by atoms with Crippen molar-refractivity contribution in [1.29, 1.82) is 0 Å². The van der Waals surface area contributed by atoms with Gasteiger partial charge in [0.15, 0.2) is 0 Å². The van der Waals surface area contributed by atoms with Crippen molar-refractivity contribution in [3.05, 3.63) is 62.5 Å². The van der Waals surface area contributed by atoms with Crippen LogP contribution in [0.25, 0.3) is 0 Å². The van der Waals surface area contributed by atoms with Crippen LogP contribution in [0.1, 0.15) is 31.7 Å². The largest absolute Gasteiger partial charge is 0.466 e. The summed E-state index contributed by atoms with van der Waals surface area (Å²) >= 11 is 0. The summed E-state index contributed by atoms with van der Waals surface area (Å²) in [5, 5.41) is 21.0. The minimum atomic E-state index is -0.856. The smallest absolute Gasteiger partial charge is 0.336 e. The Morgan fingerprint density at radius 1 is 1.16 bits per heavy atom. The van der Waals surface area contributed by atoms with Crippen LogP contribution in [0.2, 0.25) is 0 Å². The molecule has 0 bridgehead atoms. The molecule has 2 atom stereocenters. The van der Waals surface area contributed by atoms with Gasteiger partial charge in [-0.25, -0.2) is 9.59 Å². The standard InChI is InChI=1S/C22H28N4O6/c1-13-18(21(27)31-3)20(15-5-4-6-17(11-15)26(29)30)19(14(2)25-13)22(28)32-10-7-16-12-23-8-9-24-16/h4-6,11,16,20,23-25H,7-10,12H2,1-3H3. The molecule has 1 aromatic rings. The number of nitrogens with one attached hydrogen (secondary N) is 3. The van der Waals surface area contributed by atoms with E-state index in [9.17, 15) is 19.7 Å². The lowest BCUT2D eigenvalue weighted by Crippen LogP contribution is -2.48. The number of allylic oxidation sites excluding steroid dienone is 2.